The van der Waals surface area contributed by atoms with Crippen molar-refractivity contribution in [1.29, 1.82) is 0 Å². The fourth-order valence-electron chi connectivity index (χ4n) is 2.93. The third-order valence-corrected chi connectivity index (χ3v) is 4.59. The summed E-state index contributed by atoms with van der Waals surface area (Å²) in [6, 6.07) is 6.00. The molecule has 3 heteroatoms. The van der Waals surface area contributed by atoms with Gasteiger partial charge in [0.25, 0.3) is 0 Å². The Hall–Kier alpha value is -0.240. The fourth-order valence-corrected chi connectivity index (χ4v) is 3.38. The van der Waals surface area contributed by atoms with Crippen LogP contribution in [0.1, 0.15) is 37.2 Å². The second kappa shape index (κ2) is 6.08. The molecule has 0 aliphatic heterocycles. The van der Waals surface area contributed by atoms with Crippen molar-refractivity contribution in [2.75, 3.05) is 13.6 Å². The van der Waals surface area contributed by atoms with Crippen LogP contribution in [0.5, 0.6) is 0 Å². The van der Waals surface area contributed by atoms with E-state index in [9.17, 15) is 0 Å². The van der Waals surface area contributed by atoms with Crippen molar-refractivity contribution >= 4 is 23.2 Å². The highest BCUT2D eigenvalue weighted by Gasteiger charge is 2.27. The lowest BCUT2D eigenvalue weighted by atomic mass is 9.75. The summed E-state index contributed by atoms with van der Waals surface area (Å²) in [7, 11) is 2.02. The van der Waals surface area contributed by atoms with E-state index in [0.717, 1.165) is 11.6 Å². The molecule has 1 aromatic rings. The standard InChI is InChI=1S/C14H19Cl2N/c1-17-9-10-5-2-3-6-11(10)12-7-4-8-13(15)14(12)16/h4,7-8,10-11,17H,2-3,5-6,9H2,1H3. The van der Waals surface area contributed by atoms with Gasteiger partial charge in [0.1, 0.15) is 0 Å². The second-order valence-electron chi connectivity index (χ2n) is 4.85. The summed E-state index contributed by atoms with van der Waals surface area (Å²) in [5, 5.41) is 4.73. The van der Waals surface area contributed by atoms with E-state index in [0.29, 0.717) is 16.9 Å². The van der Waals surface area contributed by atoms with Crippen LogP contribution >= 0.6 is 23.2 Å². The quantitative estimate of drug-likeness (QED) is 0.855. The van der Waals surface area contributed by atoms with Crippen LogP contribution in [0, 0.1) is 5.92 Å². The molecule has 0 radical (unpaired) electrons. The first kappa shape index (κ1) is 13.2. The van der Waals surface area contributed by atoms with E-state index < -0.39 is 0 Å². The smallest absolute Gasteiger partial charge is 0.0627 e. The van der Waals surface area contributed by atoms with Gasteiger partial charge in [-0.15, -0.1) is 0 Å². The van der Waals surface area contributed by atoms with Crippen molar-refractivity contribution < 1.29 is 0 Å². The lowest BCUT2D eigenvalue weighted by Crippen LogP contribution is -2.27. The van der Waals surface area contributed by atoms with E-state index in [1.54, 1.807) is 0 Å². The maximum atomic E-state index is 6.34. The molecule has 1 fully saturated rings. The van der Waals surface area contributed by atoms with Crippen LogP contribution in [0.4, 0.5) is 0 Å². The molecule has 1 N–H and O–H groups in total. The predicted molar refractivity (Wildman–Crippen MR) is 75.1 cm³/mol. The molecular weight excluding hydrogens is 253 g/mol. The van der Waals surface area contributed by atoms with Crippen molar-refractivity contribution in [3.8, 4) is 0 Å². The molecule has 17 heavy (non-hydrogen) atoms. The molecule has 1 saturated carbocycles. The van der Waals surface area contributed by atoms with Crippen LogP contribution in [0.15, 0.2) is 18.2 Å². The van der Waals surface area contributed by atoms with Crippen LogP contribution in [0.3, 0.4) is 0 Å². The van der Waals surface area contributed by atoms with Gasteiger partial charge in [-0.2, -0.15) is 0 Å². The lowest BCUT2D eigenvalue weighted by Gasteiger charge is -2.32. The normalized spacial score (nSPS) is 24.9. The maximum Gasteiger partial charge on any atom is 0.0627 e. The monoisotopic (exact) mass is 271 g/mol. The van der Waals surface area contributed by atoms with Crippen LogP contribution in [0.25, 0.3) is 0 Å². The molecule has 0 amide bonds. The van der Waals surface area contributed by atoms with E-state index in [4.69, 9.17) is 23.2 Å². The summed E-state index contributed by atoms with van der Waals surface area (Å²) in [6.07, 6.45) is 5.15. The predicted octanol–water partition coefficient (Wildman–Crippen LogP) is 4.49. The average Bonchev–Trinajstić information content (AvgIpc) is 2.34. The summed E-state index contributed by atoms with van der Waals surface area (Å²) < 4.78 is 0. The largest absolute Gasteiger partial charge is 0.319 e. The van der Waals surface area contributed by atoms with Crippen LogP contribution < -0.4 is 5.32 Å². The molecule has 0 aromatic heterocycles. The molecule has 2 atom stereocenters. The van der Waals surface area contributed by atoms with Crippen LogP contribution in [-0.4, -0.2) is 13.6 Å². The van der Waals surface area contributed by atoms with Gasteiger partial charge in [-0.3, -0.25) is 0 Å². The molecule has 0 bridgehead atoms. The minimum Gasteiger partial charge on any atom is -0.319 e. The first-order chi connectivity index (χ1) is 8.24. The Morgan fingerprint density at radius 1 is 1.24 bits per heavy atom. The summed E-state index contributed by atoms with van der Waals surface area (Å²) in [5.74, 6) is 1.24. The Bertz CT molecular complexity index is 376. The summed E-state index contributed by atoms with van der Waals surface area (Å²) in [6.45, 7) is 1.06. The van der Waals surface area contributed by atoms with E-state index >= 15 is 0 Å². The Labute approximate surface area is 114 Å². The van der Waals surface area contributed by atoms with E-state index in [1.807, 2.05) is 19.2 Å². The van der Waals surface area contributed by atoms with Gasteiger partial charge >= 0.3 is 0 Å². The minimum atomic E-state index is 0.558. The van der Waals surface area contributed by atoms with Crippen molar-refractivity contribution in [3.63, 3.8) is 0 Å². The third kappa shape index (κ3) is 2.96. The highest BCUT2D eigenvalue weighted by atomic mass is 35.5. The number of nitrogens with one attached hydrogen (secondary N) is 1. The summed E-state index contributed by atoms with van der Waals surface area (Å²) >= 11 is 12.4. The zero-order chi connectivity index (χ0) is 12.3. The Kier molecular flexibility index (Phi) is 4.72. The van der Waals surface area contributed by atoms with Gasteiger partial charge < -0.3 is 5.32 Å². The molecule has 2 unspecified atom stereocenters. The number of hydrogen-bond acceptors (Lipinski definition) is 1. The highest BCUT2D eigenvalue weighted by Crippen LogP contribution is 2.41. The number of rotatable bonds is 3. The van der Waals surface area contributed by atoms with E-state index in [1.165, 1.54) is 31.2 Å². The highest BCUT2D eigenvalue weighted by molar-refractivity contribution is 6.42. The van der Waals surface area contributed by atoms with Gasteiger partial charge in [0.05, 0.1) is 10.0 Å². The third-order valence-electron chi connectivity index (χ3n) is 3.76. The number of hydrogen-bond donors (Lipinski definition) is 1. The van der Waals surface area contributed by atoms with Crippen molar-refractivity contribution in [2.24, 2.45) is 5.92 Å². The van der Waals surface area contributed by atoms with Crippen LogP contribution in [-0.2, 0) is 0 Å². The van der Waals surface area contributed by atoms with Gasteiger partial charge in [0.2, 0.25) is 0 Å². The Morgan fingerprint density at radius 2 is 2.00 bits per heavy atom. The zero-order valence-corrected chi connectivity index (χ0v) is 11.7. The molecule has 1 aromatic carbocycles. The van der Waals surface area contributed by atoms with Gasteiger partial charge in [-0.05, 0) is 49.9 Å². The molecule has 94 valence electrons. The molecule has 0 saturated heterocycles. The minimum absolute atomic E-state index is 0.558. The molecule has 0 spiro atoms. The second-order valence-corrected chi connectivity index (χ2v) is 5.64. The van der Waals surface area contributed by atoms with Crippen molar-refractivity contribution in [3.05, 3.63) is 33.8 Å². The van der Waals surface area contributed by atoms with Gasteiger partial charge in [-0.25, -0.2) is 0 Å². The zero-order valence-electron chi connectivity index (χ0n) is 10.2. The summed E-state index contributed by atoms with van der Waals surface area (Å²) in [4.78, 5) is 0. The molecule has 1 aliphatic rings. The summed E-state index contributed by atoms with van der Waals surface area (Å²) in [5.41, 5.74) is 1.24. The molecular formula is C14H19Cl2N. The topological polar surface area (TPSA) is 12.0 Å². The van der Waals surface area contributed by atoms with Crippen molar-refractivity contribution in [2.45, 2.75) is 31.6 Å². The van der Waals surface area contributed by atoms with Gasteiger partial charge in [0, 0.05) is 0 Å². The average molecular weight is 272 g/mol. The van der Waals surface area contributed by atoms with Gasteiger partial charge in [0.15, 0.2) is 0 Å². The Morgan fingerprint density at radius 3 is 2.76 bits per heavy atom. The first-order valence-corrected chi connectivity index (χ1v) is 7.08. The Balaban J connectivity index is 2.26. The van der Waals surface area contributed by atoms with Gasteiger partial charge in [-0.1, -0.05) is 48.2 Å². The number of halogens is 2. The first-order valence-electron chi connectivity index (χ1n) is 6.32. The van der Waals surface area contributed by atoms with Crippen LogP contribution in [0.2, 0.25) is 10.0 Å². The molecule has 2 rings (SSSR count). The molecule has 1 aliphatic carbocycles. The molecule has 1 nitrogen and oxygen atoms in total. The maximum absolute atomic E-state index is 6.34. The lowest BCUT2D eigenvalue weighted by molar-refractivity contribution is 0.301. The SMILES string of the molecule is CNCC1CCCCC1c1cccc(Cl)c1Cl. The number of benzene rings is 1. The molecule has 0 heterocycles. The van der Waals surface area contributed by atoms with Crippen molar-refractivity contribution in [1.82, 2.24) is 5.32 Å². The van der Waals surface area contributed by atoms with E-state index in [2.05, 4.69) is 11.4 Å². The fraction of sp³-hybridized carbons (Fsp3) is 0.571. The van der Waals surface area contributed by atoms with E-state index in [-0.39, 0.29) is 0 Å².